The van der Waals surface area contributed by atoms with Gasteiger partial charge in [-0.05, 0) is 31.0 Å². The number of rotatable bonds is 16. The number of allylic oxidation sites excluding steroid dienone is 2. The van der Waals surface area contributed by atoms with Gasteiger partial charge in [-0.25, -0.2) is 4.79 Å². The number of benzene rings is 1. The van der Waals surface area contributed by atoms with E-state index in [4.69, 9.17) is 4.74 Å². The van der Waals surface area contributed by atoms with Crippen LogP contribution in [0.1, 0.15) is 83.6 Å². The number of hydrogen-bond donors (Lipinski definition) is 1. The van der Waals surface area contributed by atoms with Gasteiger partial charge in [0.15, 0.2) is 0 Å². The summed E-state index contributed by atoms with van der Waals surface area (Å²) in [6.45, 7) is 5.51. The Labute approximate surface area is 172 Å². The molecule has 3 heteroatoms. The predicted molar refractivity (Wildman–Crippen MR) is 122 cm³/mol. The van der Waals surface area contributed by atoms with Gasteiger partial charge in [0, 0.05) is 18.3 Å². The van der Waals surface area contributed by atoms with Crippen LogP contribution in [0.4, 0.5) is 5.69 Å². The van der Waals surface area contributed by atoms with Crippen molar-refractivity contribution in [2.24, 2.45) is 0 Å². The van der Waals surface area contributed by atoms with Crippen LogP contribution in [0.25, 0.3) is 6.08 Å². The first kappa shape index (κ1) is 24.0. The van der Waals surface area contributed by atoms with Crippen molar-refractivity contribution < 1.29 is 9.53 Å². The molecule has 0 spiro atoms. The molecule has 3 nitrogen and oxygen atoms in total. The van der Waals surface area contributed by atoms with Crippen LogP contribution in [0, 0.1) is 0 Å². The summed E-state index contributed by atoms with van der Waals surface area (Å²) in [5.74, 6) is -0.307. The minimum absolute atomic E-state index is 0.307. The summed E-state index contributed by atoms with van der Waals surface area (Å²) in [6, 6.07) is 8.36. The van der Waals surface area contributed by atoms with Gasteiger partial charge < -0.3 is 10.1 Å². The summed E-state index contributed by atoms with van der Waals surface area (Å²) in [4.78, 5) is 11.2. The summed E-state index contributed by atoms with van der Waals surface area (Å²) < 4.78 is 4.83. The summed E-state index contributed by atoms with van der Waals surface area (Å²) >= 11 is 0. The predicted octanol–water partition coefficient (Wildman–Crippen LogP) is 7.15. The second-order valence-corrected chi connectivity index (χ2v) is 7.20. The number of unbranched alkanes of at least 4 members (excludes halogenated alkanes) is 9. The molecule has 0 aliphatic rings. The minimum atomic E-state index is -0.307. The Kier molecular flexibility index (Phi) is 14.7. The molecule has 0 radical (unpaired) electrons. The molecule has 0 aromatic heterocycles. The van der Waals surface area contributed by atoms with Crippen molar-refractivity contribution in [3.8, 4) is 0 Å². The molecule has 28 heavy (non-hydrogen) atoms. The van der Waals surface area contributed by atoms with E-state index in [0.717, 1.165) is 17.8 Å². The van der Waals surface area contributed by atoms with Gasteiger partial charge in [0.1, 0.15) is 0 Å². The van der Waals surface area contributed by atoms with Crippen LogP contribution in [-0.2, 0) is 9.53 Å². The van der Waals surface area contributed by atoms with Crippen LogP contribution in [0.5, 0.6) is 0 Å². The van der Waals surface area contributed by atoms with Crippen molar-refractivity contribution in [2.75, 3.05) is 18.5 Å². The smallest absolute Gasteiger partial charge is 0.330 e. The zero-order chi connectivity index (χ0) is 20.3. The highest BCUT2D eigenvalue weighted by Crippen LogP contribution is 2.13. The number of ether oxygens (including phenoxy) is 1. The normalized spacial score (nSPS) is 11.4. The molecule has 156 valence electrons. The van der Waals surface area contributed by atoms with E-state index >= 15 is 0 Å². The molecule has 0 aliphatic heterocycles. The fourth-order valence-electron chi connectivity index (χ4n) is 3.05. The van der Waals surface area contributed by atoms with Crippen molar-refractivity contribution in [1.29, 1.82) is 0 Å². The summed E-state index contributed by atoms with van der Waals surface area (Å²) in [6.07, 6.45) is 20.6. The standard InChI is InChI=1S/C25H39NO2/c1-3-5-6-7-8-9-10-11-12-15-22-26-24-20-18-23(19-21-24)16-13-14-17-25(27)28-4-2/h13-14,16-21,26H,3-12,15,22H2,1-2H3. The third-order valence-electron chi connectivity index (χ3n) is 4.69. The highest BCUT2D eigenvalue weighted by Gasteiger charge is 1.95. The van der Waals surface area contributed by atoms with Gasteiger partial charge in [0.05, 0.1) is 6.61 Å². The Bertz CT molecular complexity index is 560. The van der Waals surface area contributed by atoms with E-state index in [1.165, 1.54) is 70.3 Å². The zero-order valence-electron chi connectivity index (χ0n) is 17.9. The van der Waals surface area contributed by atoms with Gasteiger partial charge in [-0.15, -0.1) is 0 Å². The van der Waals surface area contributed by atoms with Crippen LogP contribution in [0.2, 0.25) is 0 Å². The zero-order valence-corrected chi connectivity index (χ0v) is 17.9. The maximum absolute atomic E-state index is 11.2. The Morgan fingerprint density at radius 2 is 1.46 bits per heavy atom. The fraction of sp³-hybridized carbons (Fsp3) is 0.560. The molecule has 0 saturated carbocycles. The molecule has 1 N–H and O–H groups in total. The second kappa shape index (κ2) is 17.1. The van der Waals surface area contributed by atoms with E-state index in [1.807, 2.05) is 12.2 Å². The van der Waals surface area contributed by atoms with Crippen LogP contribution in [0.3, 0.4) is 0 Å². The molecule has 0 unspecified atom stereocenters. The van der Waals surface area contributed by atoms with Crippen LogP contribution in [-0.4, -0.2) is 19.1 Å². The monoisotopic (exact) mass is 385 g/mol. The molecular weight excluding hydrogens is 346 g/mol. The van der Waals surface area contributed by atoms with E-state index in [-0.39, 0.29) is 5.97 Å². The van der Waals surface area contributed by atoms with Gasteiger partial charge in [-0.2, -0.15) is 0 Å². The minimum Gasteiger partial charge on any atom is -0.463 e. The number of anilines is 1. The van der Waals surface area contributed by atoms with E-state index in [1.54, 1.807) is 13.0 Å². The quantitative estimate of drug-likeness (QED) is 0.142. The molecular formula is C25H39NO2. The van der Waals surface area contributed by atoms with E-state index < -0.39 is 0 Å². The van der Waals surface area contributed by atoms with E-state index in [9.17, 15) is 4.79 Å². The number of carbonyl (C=O) groups excluding carboxylic acids is 1. The average Bonchev–Trinajstić information content (AvgIpc) is 2.70. The third-order valence-corrected chi connectivity index (χ3v) is 4.69. The maximum atomic E-state index is 11.2. The lowest BCUT2D eigenvalue weighted by Crippen LogP contribution is -2.01. The van der Waals surface area contributed by atoms with Gasteiger partial charge in [0.2, 0.25) is 0 Å². The maximum Gasteiger partial charge on any atom is 0.330 e. The molecule has 1 aromatic rings. The number of hydrogen-bond acceptors (Lipinski definition) is 3. The van der Waals surface area contributed by atoms with Crippen LogP contribution >= 0.6 is 0 Å². The Balaban J connectivity index is 2.08. The third kappa shape index (κ3) is 13.2. The molecule has 0 fully saturated rings. The number of carbonyl (C=O) groups is 1. The van der Waals surface area contributed by atoms with Crippen molar-refractivity contribution >= 4 is 17.7 Å². The first-order chi connectivity index (χ1) is 13.8. The molecule has 0 heterocycles. The molecule has 0 amide bonds. The number of esters is 1. The lowest BCUT2D eigenvalue weighted by Gasteiger charge is -2.07. The fourth-order valence-corrected chi connectivity index (χ4v) is 3.05. The SMILES string of the molecule is CCCCCCCCCCCCNc1ccc(C=CC=CC(=O)OCC)cc1. The highest BCUT2D eigenvalue weighted by atomic mass is 16.5. The van der Waals surface area contributed by atoms with Crippen LogP contribution < -0.4 is 5.32 Å². The van der Waals surface area contributed by atoms with E-state index in [0.29, 0.717) is 6.61 Å². The van der Waals surface area contributed by atoms with Crippen LogP contribution in [0.15, 0.2) is 42.5 Å². The molecule has 0 atom stereocenters. The first-order valence-corrected chi connectivity index (χ1v) is 11.1. The lowest BCUT2D eigenvalue weighted by molar-refractivity contribution is -0.137. The van der Waals surface area contributed by atoms with Crippen molar-refractivity contribution in [2.45, 2.75) is 78.1 Å². The Morgan fingerprint density at radius 1 is 0.857 bits per heavy atom. The second-order valence-electron chi connectivity index (χ2n) is 7.20. The Hall–Kier alpha value is -2.03. The summed E-state index contributed by atoms with van der Waals surface area (Å²) in [5.41, 5.74) is 2.27. The van der Waals surface area contributed by atoms with Crippen molar-refractivity contribution in [3.63, 3.8) is 0 Å². The molecule has 0 bridgehead atoms. The van der Waals surface area contributed by atoms with E-state index in [2.05, 4.69) is 36.5 Å². The first-order valence-electron chi connectivity index (χ1n) is 11.1. The van der Waals surface area contributed by atoms with Gasteiger partial charge in [-0.3, -0.25) is 0 Å². The average molecular weight is 386 g/mol. The molecule has 0 aliphatic carbocycles. The molecule has 1 rings (SSSR count). The van der Waals surface area contributed by atoms with Crippen molar-refractivity contribution in [3.05, 3.63) is 48.1 Å². The molecule has 0 saturated heterocycles. The largest absolute Gasteiger partial charge is 0.463 e. The highest BCUT2D eigenvalue weighted by molar-refractivity contribution is 5.82. The lowest BCUT2D eigenvalue weighted by atomic mass is 10.1. The van der Waals surface area contributed by atoms with Gasteiger partial charge in [0.25, 0.3) is 0 Å². The van der Waals surface area contributed by atoms with Gasteiger partial charge >= 0.3 is 5.97 Å². The van der Waals surface area contributed by atoms with Gasteiger partial charge in [-0.1, -0.05) is 95.1 Å². The topological polar surface area (TPSA) is 38.3 Å². The van der Waals surface area contributed by atoms with Crippen molar-refractivity contribution in [1.82, 2.24) is 0 Å². The molecule has 1 aromatic carbocycles. The Morgan fingerprint density at radius 3 is 2.07 bits per heavy atom. The summed E-state index contributed by atoms with van der Waals surface area (Å²) in [5, 5.41) is 3.49. The number of nitrogens with one attached hydrogen (secondary N) is 1. The summed E-state index contributed by atoms with van der Waals surface area (Å²) in [7, 11) is 0.